The molecule has 0 aliphatic heterocycles. The van der Waals surface area contributed by atoms with E-state index in [1.54, 1.807) is 13.8 Å². The van der Waals surface area contributed by atoms with Crippen LogP contribution in [0.2, 0.25) is 0 Å². The fraction of sp³-hybridized carbons (Fsp3) is 0.750. The molecule has 0 aromatic rings. The van der Waals surface area contributed by atoms with Crippen LogP contribution in [-0.4, -0.2) is 46.5 Å². The number of hydrogen-bond donors (Lipinski definition) is 1. The molecule has 0 heterocycles. The molecule has 0 aliphatic carbocycles. The summed E-state index contributed by atoms with van der Waals surface area (Å²) in [6, 6.07) is 0. The molecule has 0 saturated heterocycles. The van der Waals surface area contributed by atoms with Crippen molar-refractivity contribution in [1.82, 2.24) is 0 Å². The number of carbonyl (C=O) groups is 2. The molecule has 0 radical (unpaired) electrons. The predicted octanol–water partition coefficient (Wildman–Crippen LogP) is -1.95. The SMILES string of the molecule is CCO.CCOC(=O)CC(C)=O.O.O.O.[Ti]. The van der Waals surface area contributed by atoms with E-state index in [9.17, 15) is 9.59 Å². The number of aliphatic hydroxyl groups excluding tert-OH is 1. The summed E-state index contributed by atoms with van der Waals surface area (Å²) in [6.45, 7) is 5.33. The Balaban J connectivity index is -0.0000000324. The number of carbonyl (C=O) groups excluding carboxylic acids is 2. The summed E-state index contributed by atoms with van der Waals surface area (Å²) in [6.07, 6.45) is -0.103. The van der Waals surface area contributed by atoms with Gasteiger partial charge in [0.15, 0.2) is 0 Å². The minimum Gasteiger partial charge on any atom is -0.466 e. The van der Waals surface area contributed by atoms with Crippen molar-refractivity contribution in [3.63, 3.8) is 0 Å². The Morgan fingerprint density at radius 1 is 1.12 bits per heavy atom. The van der Waals surface area contributed by atoms with Crippen LogP contribution in [0.25, 0.3) is 0 Å². The number of rotatable bonds is 3. The first kappa shape index (κ1) is 36.1. The molecule has 7 N–H and O–H groups in total. The van der Waals surface area contributed by atoms with Crippen LogP contribution in [0.3, 0.4) is 0 Å². The zero-order valence-electron chi connectivity index (χ0n) is 9.79. The molecule has 0 bridgehead atoms. The van der Waals surface area contributed by atoms with Gasteiger partial charge in [-0.2, -0.15) is 0 Å². The van der Waals surface area contributed by atoms with Crippen LogP contribution in [0, 0.1) is 0 Å². The van der Waals surface area contributed by atoms with E-state index in [4.69, 9.17) is 5.11 Å². The zero-order valence-corrected chi connectivity index (χ0v) is 11.4. The van der Waals surface area contributed by atoms with E-state index >= 15 is 0 Å². The Morgan fingerprint density at radius 3 is 1.62 bits per heavy atom. The number of hydrogen-bond acceptors (Lipinski definition) is 4. The minimum absolute atomic E-state index is 0. The summed E-state index contributed by atoms with van der Waals surface area (Å²) in [4.78, 5) is 20.6. The van der Waals surface area contributed by atoms with Crippen LogP contribution >= 0.6 is 0 Å². The van der Waals surface area contributed by atoms with Gasteiger partial charge in [-0.1, -0.05) is 0 Å². The van der Waals surface area contributed by atoms with Crippen LogP contribution < -0.4 is 0 Å². The number of esters is 1. The monoisotopic (exact) mass is 278 g/mol. The summed E-state index contributed by atoms with van der Waals surface area (Å²) in [5.41, 5.74) is 0. The van der Waals surface area contributed by atoms with Crippen molar-refractivity contribution < 1.29 is 57.6 Å². The topological polar surface area (TPSA) is 158 Å². The van der Waals surface area contributed by atoms with Gasteiger partial charge in [0.1, 0.15) is 12.2 Å². The molecule has 0 aromatic carbocycles. The molecule has 0 unspecified atom stereocenters. The van der Waals surface area contributed by atoms with E-state index < -0.39 is 5.97 Å². The van der Waals surface area contributed by atoms with E-state index in [1.807, 2.05) is 0 Å². The Morgan fingerprint density at radius 2 is 1.44 bits per heavy atom. The Labute approximate surface area is 110 Å². The molecule has 0 atom stereocenters. The van der Waals surface area contributed by atoms with Gasteiger partial charge in [0.2, 0.25) is 0 Å². The average molecular weight is 278 g/mol. The van der Waals surface area contributed by atoms with Gasteiger partial charge in [-0.25, -0.2) is 0 Å². The van der Waals surface area contributed by atoms with E-state index in [0.29, 0.717) is 6.61 Å². The molecule has 0 rings (SSSR count). The molecule has 0 aromatic heterocycles. The minimum atomic E-state index is -0.440. The Bertz CT molecular complexity index is 140. The molecular formula is C8H22O7Ti. The van der Waals surface area contributed by atoms with Gasteiger partial charge in [0, 0.05) is 28.3 Å². The summed E-state index contributed by atoms with van der Waals surface area (Å²) in [5, 5.41) is 7.57. The van der Waals surface area contributed by atoms with E-state index in [1.165, 1.54) is 6.92 Å². The first-order valence-electron chi connectivity index (χ1n) is 3.84. The number of Topliss-reactive ketones (excluding diaryl/α,β-unsaturated/α-hetero) is 1. The maximum Gasteiger partial charge on any atom is 0.313 e. The van der Waals surface area contributed by atoms with Crippen LogP contribution in [0.5, 0.6) is 0 Å². The third-order valence-corrected chi connectivity index (χ3v) is 0.699. The van der Waals surface area contributed by atoms with Crippen LogP contribution in [0.4, 0.5) is 0 Å². The van der Waals surface area contributed by atoms with E-state index in [2.05, 4.69) is 4.74 Å². The second kappa shape index (κ2) is 29.3. The standard InChI is InChI=1S/C6H10O3.C2H6O.3H2O.Ti/c1-3-9-6(8)4-5(2)7;1-2-3;;;;/h3-4H2,1-2H3;3H,2H2,1H3;3*1H2;. The van der Waals surface area contributed by atoms with Crippen molar-refractivity contribution in [2.24, 2.45) is 0 Å². The third kappa shape index (κ3) is 49.2. The normalized spacial score (nSPS) is 6.00. The molecule has 7 nitrogen and oxygen atoms in total. The number of aliphatic hydroxyl groups is 1. The first-order chi connectivity index (χ1) is 5.58. The van der Waals surface area contributed by atoms with Crippen molar-refractivity contribution in [2.75, 3.05) is 13.2 Å². The van der Waals surface area contributed by atoms with Gasteiger partial charge >= 0.3 is 5.97 Å². The summed E-state index contributed by atoms with van der Waals surface area (Å²) in [5.74, 6) is -0.599. The van der Waals surface area contributed by atoms with Crippen molar-refractivity contribution in [3.05, 3.63) is 0 Å². The van der Waals surface area contributed by atoms with Gasteiger partial charge in [-0.3, -0.25) is 9.59 Å². The maximum absolute atomic E-state index is 10.4. The van der Waals surface area contributed by atoms with Gasteiger partial charge in [-0.05, 0) is 20.8 Å². The summed E-state index contributed by atoms with van der Waals surface area (Å²) in [7, 11) is 0. The first-order valence-corrected chi connectivity index (χ1v) is 3.84. The van der Waals surface area contributed by atoms with Crippen LogP contribution in [-0.2, 0) is 36.0 Å². The fourth-order valence-corrected chi connectivity index (χ4v) is 0.415. The molecular weight excluding hydrogens is 256 g/mol. The average Bonchev–Trinajstić information content (AvgIpc) is 1.87. The van der Waals surface area contributed by atoms with Gasteiger partial charge in [-0.15, -0.1) is 0 Å². The fourth-order valence-electron chi connectivity index (χ4n) is 0.415. The van der Waals surface area contributed by atoms with Crippen molar-refractivity contribution >= 4 is 11.8 Å². The molecule has 100 valence electrons. The Kier molecular flexibility index (Phi) is 66.1. The van der Waals surface area contributed by atoms with Gasteiger partial charge in [0.25, 0.3) is 0 Å². The zero-order chi connectivity index (χ0) is 9.98. The van der Waals surface area contributed by atoms with Crippen molar-refractivity contribution in [3.8, 4) is 0 Å². The second-order valence-electron chi connectivity index (χ2n) is 2.00. The Hall–Kier alpha value is -0.306. The smallest absolute Gasteiger partial charge is 0.313 e. The van der Waals surface area contributed by atoms with E-state index in [-0.39, 0.29) is 57.0 Å². The second-order valence-corrected chi connectivity index (χ2v) is 2.00. The molecule has 8 heteroatoms. The number of ether oxygens (including phenoxy) is 1. The van der Waals surface area contributed by atoms with Crippen molar-refractivity contribution in [1.29, 1.82) is 0 Å². The van der Waals surface area contributed by atoms with Gasteiger partial charge in [0.05, 0.1) is 6.61 Å². The molecule has 0 spiro atoms. The number of ketones is 1. The largest absolute Gasteiger partial charge is 0.466 e. The quantitative estimate of drug-likeness (QED) is 0.361. The predicted molar refractivity (Wildman–Crippen MR) is 55.5 cm³/mol. The molecule has 0 amide bonds. The van der Waals surface area contributed by atoms with Crippen molar-refractivity contribution in [2.45, 2.75) is 27.2 Å². The third-order valence-electron chi connectivity index (χ3n) is 0.699. The van der Waals surface area contributed by atoms with E-state index in [0.717, 1.165) is 0 Å². The van der Waals surface area contributed by atoms with Crippen LogP contribution in [0.15, 0.2) is 0 Å². The maximum atomic E-state index is 10.4. The molecule has 0 saturated carbocycles. The van der Waals surface area contributed by atoms with Crippen LogP contribution in [0.1, 0.15) is 27.2 Å². The van der Waals surface area contributed by atoms with Gasteiger partial charge < -0.3 is 26.3 Å². The molecule has 16 heavy (non-hydrogen) atoms. The molecule has 0 aliphatic rings. The summed E-state index contributed by atoms with van der Waals surface area (Å²) >= 11 is 0. The molecule has 0 fully saturated rings. The summed E-state index contributed by atoms with van der Waals surface area (Å²) < 4.78 is 4.49.